The minimum absolute atomic E-state index is 0.200. The summed E-state index contributed by atoms with van der Waals surface area (Å²) in [5.74, 6) is -0.0225. The van der Waals surface area contributed by atoms with E-state index in [-0.39, 0.29) is 15.4 Å². The number of carbonyl (C=O) groups excluding carboxylic acids is 1. The molecule has 0 aliphatic rings. The molecule has 0 aliphatic heterocycles. The maximum Gasteiger partial charge on any atom is 0.288 e. The second-order valence-electron chi connectivity index (χ2n) is 2.25. The van der Waals surface area contributed by atoms with Crippen LogP contribution in [0.3, 0.4) is 0 Å². The van der Waals surface area contributed by atoms with Gasteiger partial charge in [0.25, 0.3) is 5.91 Å². The molecule has 0 fully saturated rings. The van der Waals surface area contributed by atoms with Gasteiger partial charge in [0, 0.05) is 12.4 Å². The zero-order valence-electron chi connectivity index (χ0n) is 6.69. The number of H-pyrrole nitrogens is 1. The highest BCUT2D eigenvalue weighted by atomic mass is 35.5. The number of carbonyl (C=O) groups is 1. The largest absolute Gasteiger partial charge is 0.331 e. The molecule has 1 amide bonds. The van der Waals surface area contributed by atoms with Crippen molar-refractivity contribution in [2.45, 2.75) is 0 Å². The Morgan fingerprint density at radius 2 is 2.43 bits per heavy atom. The van der Waals surface area contributed by atoms with Gasteiger partial charge in [-0.05, 0) is 11.6 Å². The third-order valence-electron chi connectivity index (χ3n) is 1.32. The first-order valence-corrected chi connectivity index (χ1v) is 4.75. The number of nitrogens with zero attached hydrogens (tertiary/aromatic N) is 3. The summed E-state index contributed by atoms with van der Waals surface area (Å²) in [6.45, 7) is 0. The Balaban J connectivity index is 2.10. The number of aromatic nitrogens is 4. The first kappa shape index (κ1) is 9.10. The molecule has 2 heterocycles. The molecule has 0 saturated carbocycles. The van der Waals surface area contributed by atoms with Crippen molar-refractivity contribution in [2.75, 3.05) is 5.32 Å². The summed E-state index contributed by atoms with van der Waals surface area (Å²) in [5.41, 5.74) is 0. The lowest BCUT2D eigenvalue weighted by atomic mass is 10.6. The highest BCUT2D eigenvalue weighted by Gasteiger charge is 2.12. The van der Waals surface area contributed by atoms with Gasteiger partial charge in [0.2, 0.25) is 15.4 Å². The predicted octanol–water partition coefficient (Wildman–Crippen LogP) is 1.17. The summed E-state index contributed by atoms with van der Waals surface area (Å²) >= 11 is 6.54. The van der Waals surface area contributed by atoms with Crippen LogP contribution in [0.1, 0.15) is 9.80 Å². The minimum atomic E-state index is -0.385. The first-order chi connectivity index (χ1) is 6.75. The summed E-state index contributed by atoms with van der Waals surface area (Å²) in [6, 6.07) is 0. The van der Waals surface area contributed by atoms with Crippen molar-refractivity contribution >= 4 is 34.8 Å². The number of hydrogen-bond donors (Lipinski definition) is 2. The van der Waals surface area contributed by atoms with Crippen molar-refractivity contribution in [1.82, 2.24) is 20.2 Å². The van der Waals surface area contributed by atoms with Gasteiger partial charge in [-0.15, -0.1) is 10.2 Å². The van der Waals surface area contributed by atoms with Crippen LogP contribution in [0.4, 0.5) is 5.95 Å². The Kier molecular flexibility index (Phi) is 2.42. The zero-order chi connectivity index (χ0) is 9.97. The van der Waals surface area contributed by atoms with Gasteiger partial charge in [0.05, 0.1) is 0 Å². The van der Waals surface area contributed by atoms with Gasteiger partial charge >= 0.3 is 0 Å². The van der Waals surface area contributed by atoms with Crippen molar-refractivity contribution in [1.29, 1.82) is 0 Å². The normalized spacial score (nSPS) is 10.1. The van der Waals surface area contributed by atoms with E-state index in [1.165, 1.54) is 6.20 Å². The summed E-state index contributed by atoms with van der Waals surface area (Å²) in [6.07, 6.45) is 3.13. The average molecular weight is 230 g/mol. The quantitative estimate of drug-likeness (QED) is 0.810. The molecule has 2 N–H and O–H groups in total. The second kappa shape index (κ2) is 3.72. The van der Waals surface area contributed by atoms with Crippen molar-refractivity contribution in [3.63, 3.8) is 0 Å². The highest BCUT2D eigenvalue weighted by molar-refractivity contribution is 7.17. The number of aromatic amines is 1. The van der Waals surface area contributed by atoms with Gasteiger partial charge in [0.15, 0.2) is 0 Å². The van der Waals surface area contributed by atoms with Crippen LogP contribution in [-0.2, 0) is 0 Å². The molecule has 72 valence electrons. The van der Waals surface area contributed by atoms with Crippen LogP contribution in [-0.4, -0.2) is 26.1 Å². The maximum absolute atomic E-state index is 11.4. The predicted molar refractivity (Wildman–Crippen MR) is 51.5 cm³/mol. The van der Waals surface area contributed by atoms with Gasteiger partial charge in [0.1, 0.15) is 0 Å². The molecule has 0 radical (unpaired) electrons. The molecular weight excluding hydrogens is 226 g/mol. The number of amides is 1. The number of anilines is 1. The molecule has 0 unspecified atom stereocenters. The van der Waals surface area contributed by atoms with Crippen LogP contribution in [0, 0.1) is 0 Å². The summed E-state index contributed by atoms with van der Waals surface area (Å²) in [5, 5.41) is 9.78. The molecule has 0 saturated heterocycles. The van der Waals surface area contributed by atoms with E-state index in [1.54, 1.807) is 6.20 Å². The number of rotatable bonds is 2. The topological polar surface area (TPSA) is 83.6 Å². The van der Waals surface area contributed by atoms with Gasteiger partial charge in [-0.1, -0.05) is 11.3 Å². The molecule has 2 aromatic heterocycles. The second-order valence-corrected chi connectivity index (χ2v) is 3.81. The van der Waals surface area contributed by atoms with Crippen LogP contribution in [0.25, 0.3) is 0 Å². The van der Waals surface area contributed by atoms with E-state index in [0.29, 0.717) is 5.95 Å². The minimum Gasteiger partial charge on any atom is -0.331 e. The van der Waals surface area contributed by atoms with Crippen molar-refractivity contribution in [3.8, 4) is 0 Å². The van der Waals surface area contributed by atoms with E-state index >= 15 is 0 Å². The van der Waals surface area contributed by atoms with Gasteiger partial charge < -0.3 is 4.98 Å². The lowest BCUT2D eigenvalue weighted by Crippen LogP contribution is -2.12. The Morgan fingerprint density at radius 1 is 1.57 bits per heavy atom. The Labute approximate surface area is 87.3 Å². The summed E-state index contributed by atoms with van der Waals surface area (Å²) in [7, 11) is 0. The fourth-order valence-electron chi connectivity index (χ4n) is 0.792. The molecule has 14 heavy (non-hydrogen) atoms. The number of imidazole rings is 1. The van der Waals surface area contributed by atoms with E-state index in [0.717, 1.165) is 11.3 Å². The van der Waals surface area contributed by atoms with E-state index in [1.807, 2.05) is 0 Å². The maximum atomic E-state index is 11.4. The molecule has 0 aliphatic carbocycles. The van der Waals surface area contributed by atoms with Crippen LogP contribution in [0.15, 0.2) is 12.4 Å². The lowest BCUT2D eigenvalue weighted by molar-refractivity contribution is 0.102. The smallest absolute Gasteiger partial charge is 0.288 e. The van der Waals surface area contributed by atoms with Crippen LogP contribution >= 0.6 is 22.9 Å². The fourth-order valence-corrected chi connectivity index (χ4v) is 1.52. The molecule has 0 bridgehead atoms. The molecule has 8 heteroatoms. The lowest BCUT2D eigenvalue weighted by Gasteiger charge is -1.95. The van der Waals surface area contributed by atoms with Crippen molar-refractivity contribution < 1.29 is 4.79 Å². The zero-order valence-corrected chi connectivity index (χ0v) is 8.26. The third-order valence-corrected chi connectivity index (χ3v) is 2.34. The highest BCUT2D eigenvalue weighted by Crippen LogP contribution is 2.15. The molecule has 6 nitrogen and oxygen atoms in total. The van der Waals surface area contributed by atoms with Crippen molar-refractivity contribution in [2.24, 2.45) is 0 Å². The summed E-state index contributed by atoms with van der Waals surface area (Å²) < 4.78 is 0.231. The first-order valence-electron chi connectivity index (χ1n) is 3.55. The Hall–Kier alpha value is -1.47. The van der Waals surface area contributed by atoms with Crippen LogP contribution < -0.4 is 5.32 Å². The van der Waals surface area contributed by atoms with Gasteiger partial charge in [-0.25, -0.2) is 4.98 Å². The molecule has 2 rings (SSSR count). The molecular formula is C6H4ClN5OS. The molecule has 0 spiro atoms. The molecule has 0 atom stereocenters. The van der Waals surface area contributed by atoms with Gasteiger partial charge in [-0.2, -0.15) is 0 Å². The molecule has 0 aromatic carbocycles. The fraction of sp³-hybridized carbons (Fsp3) is 0. The Bertz CT molecular complexity index is 439. The SMILES string of the molecule is O=C(Nc1ncc[nH]1)c1nnc(Cl)s1. The average Bonchev–Trinajstić information content (AvgIpc) is 2.75. The van der Waals surface area contributed by atoms with E-state index in [2.05, 4.69) is 25.5 Å². The van der Waals surface area contributed by atoms with Crippen LogP contribution in [0.5, 0.6) is 0 Å². The third kappa shape index (κ3) is 1.88. The monoisotopic (exact) mass is 229 g/mol. The van der Waals surface area contributed by atoms with E-state index in [9.17, 15) is 4.79 Å². The van der Waals surface area contributed by atoms with Crippen molar-refractivity contribution in [3.05, 3.63) is 21.9 Å². The standard InChI is InChI=1S/C6H4ClN5OS/c7-5-12-11-4(14-5)3(13)10-6-8-1-2-9-6/h1-2H,(H2,8,9,10,13). The van der Waals surface area contributed by atoms with E-state index in [4.69, 9.17) is 11.6 Å². The number of halogens is 1. The van der Waals surface area contributed by atoms with Crippen LogP contribution in [0.2, 0.25) is 4.47 Å². The van der Waals surface area contributed by atoms with E-state index < -0.39 is 0 Å². The number of nitrogens with one attached hydrogen (secondary N) is 2. The molecule has 2 aromatic rings. The summed E-state index contributed by atoms with van der Waals surface area (Å²) in [4.78, 5) is 18.0. The Morgan fingerprint density at radius 3 is 3.00 bits per heavy atom. The number of hydrogen-bond acceptors (Lipinski definition) is 5. The van der Waals surface area contributed by atoms with Gasteiger partial charge in [-0.3, -0.25) is 10.1 Å².